The first-order valence-corrected chi connectivity index (χ1v) is 6.45. The molecule has 0 aromatic heterocycles. The van der Waals surface area contributed by atoms with Gasteiger partial charge in [0.2, 0.25) is 0 Å². The average Bonchev–Trinajstić information content (AvgIpc) is 2.46. The van der Waals surface area contributed by atoms with Crippen LogP contribution in [0.5, 0.6) is 0 Å². The number of hydrogen-bond donors (Lipinski definition) is 1. The molecule has 0 fully saturated rings. The van der Waals surface area contributed by atoms with Crippen LogP contribution in [0, 0.1) is 10.1 Å². The Morgan fingerprint density at radius 3 is 2.71 bits per heavy atom. The van der Waals surface area contributed by atoms with Gasteiger partial charge in [0.1, 0.15) is 12.4 Å². The number of ether oxygens (including phenoxy) is 1. The highest BCUT2D eigenvalue weighted by Crippen LogP contribution is 2.20. The molecule has 6 heteroatoms. The molecule has 1 rings (SSSR count). The van der Waals surface area contributed by atoms with E-state index in [9.17, 15) is 14.9 Å². The van der Waals surface area contributed by atoms with Gasteiger partial charge in [0.15, 0.2) is 0 Å². The van der Waals surface area contributed by atoms with Gasteiger partial charge in [0.25, 0.3) is 5.69 Å². The molecule has 6 nitrogen and oxygen atoms in total. The molecule has 0 heterocycles. The molecule has 0 aliphatic carbocycles. The van der Waals surface area contributed by atoms with E-state index < -0.39 is 10.9 Å². The van der Waals surface area contributed by atoms with Crippen molar-refractivity contribution >= 4 is 11.7 Å². The van der Waals surface area contributed by atoms with Gasteiger partial charge in [-0.1, -0.05) is 13.0 Å². The highest BCUT2D eigenvalue weighted by Gasteiger charge is 2.15. The number of nitro groups is 1. The fourth-order valence-electron chi connectivity index (χ4n) is 1.64. The molecular weight excluding hydrogens is 274 g/mol. The zero-order valence-corrected chi connectivity index (χ0v) is 11.9. The predicted octanol–water partition coefficient (Wildman–Crippen LogP) is 3.68. The summed E-state index contributed by atoms with van der Waals surface area (Å²) in [4.78, 5) is 21.3. The van der Waals surface area contributed by atoms with Crippen molar-refractivity contribution in [2.45, 2.75) is 26.9 Å². The summed E-state index contributed by atoms with van der Waals surface area (Å²) in [6.45, 7) is 3.73. The minimum absolute atomic E-state index is 0.00414. The van der Waals surface area contributed by atoms with Gasteiger partial charge < -0.3 is 9.84 Å². The summed E-state index contributed by atoms with van der Waals surface area (Å²) in [5, 5.41) is 19.9. The van der Waals surface area contributed by atoms with Crippen LogP contribution in [0.3, 0.4) is 0 Å². The first kappa shape index (κ1) is 16.4. The van der Waals surface area contributed by atoms with Crippen LogP contribution in [0.2, 0.25) is 0 Å². The number of hydrogen-bond acceptors (Lipinski definition) is 4. The van der Waals surface area contributed by atoms with Crippen LogP contribution >= 0.6 is 0 Å². The molecule has 21 heavy (non-hydrogen) atoms. The lowest BCUT2D eigenvalue weighted by molar-refractivity contribution is -0.384. The average molecular weight is 291 g/mol. The molecule has 0 amide bonds. The van der Waals surface area contributed by atoms with Gasteiger partial charge in [-0.2, -0.15) is 0 Å². The maximum atomic E-state index is 11.1. The molecular formula is C15H17NO5. The van der Waals surface area contributed by atoms with E-state index in [1.807, 2.05) is 13.0 Å². The van der Waals surface area contributed by atoms with E-state index in [1.165, 1.54) is 18.2 Å². The number of nitrogens with zero attached hydrogens (tertiary/aromatic N) is 1. The monoisotopic (exact) mass is 291 g/mol. The Hall–Kier alpha value is -2.63. The van der Waals surface area contributed by atoms with Crippen molar-refractivity contribution in [3.8, 4) is 0 Å². The van der Waals surface area contributed by atoms with Gasteiger partial charge in [-0.25, -0.2) is 4.79 Å². The van der Waals surface area contributed by atoms with Crippen molar-refractivity contribution in [1.82, 2.24) is 0 Å². The quantitative estimate of drug-likeness (QED) is 0.358. The first-order chi connectivity index (χ1) is 9.99. The summed E-state index contributed by atoms with van der Waals surface area (Å²) in [6.07, 6.45) is 6.26. The van der Waals surface area contributed by atoms with E-state index >= 15 is 0 Å². The van der Waals surface area contributed by atoms with Crippen molar-refractivity contribution in [2.24, 2.45) is 0 Å². The van der Waals surface area contributed by atoms with Crippen LogP contribution in [-0.4, -0.2) is 16.0 Å². The Morgan fingerprint density at radius 2 is 2.19 bits per heavy atom. The van der Waals surface area contributed by atoms with Gasteiger partial charge in [0, 0.05) is 17.7 Å². The number of carboxylic acids is 1. The molecule has 0 atom stereocenters. The standard InChI is InChI=1S/C15H17NO5/c1-3-5-6-13(4-2)21-10-11-9-12(16(19)20)7-8-14(11)15(17)18/h4-9H,3,10H2,1-2H3,(H,17,18)/b6-5-,13-4+. The third kappa shape index (κ3) is 4.76. The van der Waals surface area contributed by atoms with Crippen molar-refractivity contribution in [2.75, 3.05) is 0 Å². The highest BCUT2D eigenvalue weighted by molar-refractivity contribution is 5.89. The Morgan fingerprint density at radius 1 is 1.48 bits per heavy atom. The topological polar surface area (TPSA) is 89.7 Å². The Kier molecular flexibility index (Phi) is 6.13. The molecule has 0 radical (unpaired) electrons. The molecule has 112 valence electrons. The second-order valence-electron chi connectivity index (χ2n) is 4.19. The molecule has 0 aliphatic heterocycles. The summed E-state index contributed by atoms with van der Waals surface area (Å²) >= 11 is 0. The van der Waals surface area contributed by atoms with Gasteiger partial charge in [0.05, 0.1) is 10.5 Å². The van der Waals surface area contributed by atoms with Crippen LogP contribution in [0.15, 0.2) is 42.2 Å². The lowest BCUT2D eigenvalue weighted by atomic mass is 10.1. The van der Waals surface area contributed by atoms with Crippen LogP contribution in [0.1, 0.15) is 36.2 Å². The maximum absolute atomic E-state index is 11.1. The van der Waals surface area contributed by atoms with E-state index in [0.29, 0.717) is 5.76 Å². The van der Waals surface area contributed by atoms with Crippen LogP contribution in [0.25, 0.3) is 0 Å². The SMILES string of the molecule is C/C=C(\C=C/CC)OCc1cc([N+](=O)[O-])ccc1C(=O)O. The molecule has 0 bridgehead atoms. The Balaban J connectivity index is 2.99. The summed E-state index contributed by atoms with van der Waals surface area (Å²) in [7, 11) is 0. The number of allylic oxidation sites excluding steroid dienone is 3. The zero-order chi connectivity index (χ0) is 15.8. The van der Waals surface area contributed by atoms with E-state index in [-0.39, 0.29) is 23.4 Å². The Bertz CT molecular complexity index is 590. The number of rotatable bonds is 7. The number of carboxylic acid groups (broad SMARTS) is 1. The van der Waals surface area contributed by atoms with E-state index in [1.54, 1.807) is 19.1 Å². The highest BCUT2D eigenvalue weighted by atomic mass is 16.6. The third-order valence-corrected chi connectivity index (χ3v) is 2.73. The summed E-state index contributed by atoms with van der Waals surface area (Å²) < 4.78 is 5.49. The fourth-order valence-corrected chi connectivity index (χ4v) is 1.64. The lowest BCUT2D eigenvalue weighted by Gasteiger charge is -2.09. The number of non-ortho nitro benzene ring substituents is 1. The first-order valence-electron chi connectivity index (χ1n) is 6.45. The smallest absolute Gasteiger partial charge is 0.336 e. The maximum Gasteiger partial charge on any atom is 0.336 e. The van der Waals surface area contributed by atoms with Crippen LogP contribution < -0.4 is 0 Å². The normalized spacial score (nSPS) is 11.6. The van der Waals surface area contributed by atoms with Crippen molar-refractivity contribution in [3.63, 3.8) is 0 Å². The zero-order valence-electron chi connectivity index (χ0n) is 11.9. The van der Waals surface area contributed by atoms with E-state index in [4.69, 9.17) is 9.84 Å². The fraction of sp³-hybridized carbons (Fsp3) is 0.267. The largest absolute Gasteiger partial charge is 0.489 e. The predicted molar refractivity (Wildman–Crippen MR) is 78.0 cm³/mol. The van der Waals surface area contributed by atoms with Gasteiger partial charge in [-0.15, -0.1) is 0 Å². The number of nitro benzene ring substituents is 1. The van der Waals surface area contributed by atoms with Crippen molar-refractivity contribution < 1.29 is 19.6 Å². The third-order valence-electron chi connectivity index (χ3n) is 2.73. The molecule has 0 aliphatic rings. The van der Waals surface area contributed by atoms with Gasteiger partial charge >= 0.3 is 5.97 Å². The lowest BCUT2D eigenvalue weighted by Crippen LogP contribution is -2.05. The van der Waals surface area contributed by atoms with Crippen molar-refractivity contribution in [1.29, 1.82) is 0 Å². The summed E-state index contributed by atoms with van der Waals surface area (Å²) in [6, 6.07) is 3.61. The molecule has 1 aromatic carbocycles. The minimum Gasteiger partial charge on any atom is -0.489 e. The second kappa shape index (κ2) is 7.84. The Labute approximate surface area is 122 Å². The second-order valence-corrected chi connectivity index (χ2v) is 4.19. The van der Waals surface area contributed by atoms with Gasteiger partial charge in [-0.05, 0) is 31.6 Å². The van der Waals surface area contributed by atoms with Crippen LogP contribution in [-0.2, 0) is 11.3 Å². The van der Waals surface area contributed by atoms with E-state index in [2.05, 4.69) is 0 Å². The molecule has 0 spiro atoms. The molecule has 0 unspecified atom stereocenters. The molecule has 1 N–H and O–H groups in total. The van der Waals surface area contributed by atoms with E-state index in [0.717, 1.165) is 6.42 Å². The molecule has 1 aromatic rings. The molecule has 0 saturated heterocycles. The van der Waals surface area contributed by atoms with Gasteiger partial charge in [-0.3, -0.25) is 10.1 Å². The summed E-state index contributed by atoms with van der Waals surface area (Å²) in [5.41, 5.74) is 0.0983. The van der Waals surface area contributed by atoms with Crippen molar-refractivity contribution in [3.05, 3.63) is 63.4 Å². The minimum atomic E-state index is -1.14. The number of benzene rings is 1. The number of aromatic carboxylic acids is 1. The summed E-state index contributed by atoms with van der Waals surface area (Å²) in [5.74, 6) is -0.561. The van der Waals surface area contributed by atoms with Crippen LogP contribution in [0.4, 0.5) is 5.69 Å². The molecule has 0 saturated carbocycles. The number of carbonyl (C=O) groups is 1.